The van der Waals surface area contributed by atoms with Crippen molar-refractivity contribution in [3.63, 3.8) is 0 Å². The van der Waals surface area contributed by atoms with Crippen LogP contribution in [-0.2, 0) is 13.0 Å². The quantitative estimate of drug-likeness (QED) is 0.619. The Bertz CT molecular complexity index is 1070. The lowest BCUT2D eigenvalue weighted by Gasteiger charge is -2.34. The van der Waals surface area contributed by atoms with Gasteiger partial charge in [0.05, 0.1) is 29.5 Å². The van der Waals surface area contributed by atoms with Crippen molar-refractivity contribution in [1.29, 1.82) is 5.26 Å². The van der Waals surface area contributed by atoms with Crippen LogP contribution in [0.25, 0.3) is 0 Å². The van der Waals surface area contributed by atoms with Crippen molar-refractivity contribution in [2.45, 2.75) is 57.7 Å². The average molecular weight is 464 g/mol. The van der Waals surface area contributed by atoms with E-state index in [1.807, 2.05) is 36.2 Å². The second kappa shape index (κ2) is 8.90. The summed E-state index contributed by atoms with van der Waals surface area (Å²) in [5, 5.41) is 9.04. The minimum absolute atomic E-state index is 0.0872. The highest BCUT2D eigenvalue weighted by Crippen LogP contribution is 2.33. The number of carbonyl (C=O) groups excluding carboxylic acids is 1. The predicted octanol–water partition coefficient (Wildman–Crippen LogP) is 4.63. The Morgan fingerprint density at radius 1 is 1.27 bits per heavy atom. The molecule has 1 aliphatic heterocycles. The first-order valence-electron chi connectivity index (χ1n) is 10.1. The van der Waals surface area contributed by atoms with E-state index in [1.165, 1.54) is 0 Å². The van der Waals surface area contributed by atoms with E-state index < -0.39 is 0 Å². The van der Waals surface area contributed by atoms with Crippen LogP contribution in [0.2, 0.25) is 0 Å². The third-order valence-electron chi connectivity index (χ3n) is 5.76. The molecule has 0 spiro atoms. The number of hydrogen-bond acceptors (Lipinski definition) is 4. The normalized spacial score (nSPS) is 20.2. The number of amides is 1. The molecule has 30 heavy (non-hydrogen) atoms. The number of nitrogens with zero attached hydrogens (tertiary/aromatic N) is 3. The van der Waals surface area contributed by atoms with Crippen LogP contribution in [0.3, 0.4) is 0 Å². The van der Waals surface area contributed by atoms with Gasteiger partial charge in [-0.2, -0.15) is 5.26 Å². The van der Waals surface area contributed by atoms with Crippen LogP contribution in [0, 0.1) is 23.2 Å². The van der Waals surface area contributed by atoms with Crippen LogP contribution in [0.5, 0.6) is 5.75 Å². The highest BCUT2D eigenvalue weighted by molar-refractivity contribution is 9.10. The molecule has 0 N–H and O–H groups in total. The molecule has 0 unspecified atom stereocenters. The highest BCUT2D eigenvalue weighted by atomic mass is 79.9. The fourth-order valence-corrected chi connectivity index (χ4v) is 4.59. The number of ether oxygens (including phenoxy) is 1. The molecule has 5 nitrogen and oxygen atoms in total. The summed E-state index contributed by atoms with van der Waals surface area (Å²) in [7, 11) is 0. The number of benzene rings is 1. The van der Waals surface area contributed by atoms with Gasteiger partial charge in [0.15, 0.2) is 0 Å². The second-order valence-corrected chi connectivity index (χ2v) is 8.53. The van der Waals surface area contributed by atoms with Crippen molar-refractivity contribution in [2.75, 3.05) is 0 Å². The van der Waals surface area contributed by atoms with Crippen LogP contribution in [0.1, 0.15) is 59.8 Å². The summed E-state index contributed by atoms with van der Waals surface area (Å²) in [5.74, 6) is 6.77. The first-order valence-corrected chi connectivity index (χ1v) is 10.9. The molecule has 1 fully saturated rings. The summed E-state index contributed by atoms with van der Waals surface area (Å²) in [6, 6.07) is 9.75. The van der Waals surface area contributed by atoms with Crippen LogP contribution < -0.4 is 4.74 Å². The molecule has 1 saturated carbocycles. The Kier molecular flexibility index (Phi) is 6.06. The number of nitriles is 1. The molecule has 2 aromatic rings. The molecular formula is C24H22BrN3O2. The lowest BCUT2D eigenvalue weighted by molar-refractivity contribution is 0.0560. The van der Waals surface area contributed by atoms with Gasteiger partial charge in [0, 0.05) is 23.1 Å². The van der Waals surface area contributed by atoms with E-state index in [-0.39, 0.29) is 18.1 Å². The summed E-state index contributed by atoms with van der Waals surface area (Å²) >= 11 is 3.41. The molecule has 4 rings (SSSR count). The maximum Gasteiger partial charge on any atom is 0.256 e. The van der Waals surface area contributed by atoms with E-state index in [2.05, 4.69) is 38.8 Å². The number of halogens is 1. The monoisotopic (exact) mass is 463 g/mol. The number of carbonyl (C=O) groups is 1. The molecule has 152 valence electrons. The Labute approximate surface area is 185 Å². The summed E-state index contributed by atoms with van der Waals surface area (Å²) in [5.41, 5.74) is 3.18. The van der Waals surface area contributed by atoms with Crippen LogP contribution >= 0.6 is 15.9 Å². The lowest BCUT2D eigenvalue weighted by Crippen LogP contribution is -2.40. The Morgan fingerprint density at radius 2 is 2.07 bits per heavy atom. The van der Waals surface area contributed by atoms with Gasteiger partial charge in [-0.1, -0.05) is 5.92 Å². The van der Waals surface area contributed by atoms with Crippen molar-refractivity contribution in [3.8, 4) is 23.7 Å². The van der Waals surface area contributed by atoms with E-state index >= 15 is 0 Å². The first-order chi connectivity index (χ1) is 14.6. The third-order valence-corrected chi connectivity index (χ3v) is 6.41. The summed E-state index contributed by atoms with van der Waals surface area (Å²) < 4.78 is 6.86. The molecule has 0 radical (unpaired) electrons. The summed E-state index contributed by atoms with van der Waals surface area (Å²) in [6.07, 6.45) is 6.20. The van der Waals surface area contributed by atoms with Gasteiger partial charge in [0.25, 0.3) is 5.91 Å². The molecular weight excluding hydrogens is 442 g/mol. The SMILES string of the molecule is CC#CCc1cnc2c(c1)C(=O)N([C@H]1CC[C@H](Oc3ccc(C#N)c(Br)c3)CC1)C2. The molecule has 0 bridgehead atoms. The first kappa shape index (κ1) is 20.4. The Morgan fingerprint density at radius 3 is 2.77 bits per heavy atom. The zero-order chi connectivity index (χ0) is 21.1. The molecule has 1 aromatic heterocycles. The summed E-state index contributed by atoms with van der Waals surface area (Å²) in [4.78, 5) is 19.5. The molecule has 1 amide bonds. The zero-order valence-electron chi connectivity index (χ0n) is 16.8. The largest absolute Gasteiger partial charge is 0.490 e. The average Bonchev–Trinajstić information content (AvgIpc) is 3.09. The topological polar surface area (TPSA) is 66.2 Å². The van der Waals surface area contributed by atoms with Gasteiger partial charge in [-0.3, -0.25) is 9.78 Å². The minimum atomic E-state index is 0.0872. The van der Waals surface area contributed by atoms with E-state index in [9.17, 15) is 4.79 Å². The van der Waals surface area contributed by atoms with Gasteiger partial charge in [-0.25, -0.2) is 0 Å². The van der Waals surface area contributed by atoms with Gasteiger partial charge in [0.1, 0.15) is 11.8 Å². The van der Waals surface area contributed by atoms with Gasteiger partial charge >= 0.3 is 0 Å². The second-order valence-electron chi connectivity index (χ2n) is 7.68. The minimum Gasteiger partial charge on any atom is -0.490 e. The predicted molar refractivity (Wildman–Crippen MR) is 117 cm³/mol. The third kappa shape index (κ3) is 4.20. The molecule has 6 heteroatoms. The van der Waals surface area contributed by atoms with Gasteiger partial charge in [-0.05, 0) is 78.4 Å². The van der Waals surface area contributed by atoms with Gasteiger partial charge in [0.2, 0.25) is 0 Å². The molecule has 2 heterocycles. The van der Waals surface area contributed by atoms with E-state index in [1.54, 1.807) is 6.07 Å². The van der Waals surface area contributed by atoms with E-state index in [0.717, 1.165) is 52.7 Å². The molecule has 0 saturated heterocycles. The maximum absolute atomic E-state index is 13.0. The molecule has 0 atom stereocenters. The lowest BCUT2D eigenvalue weighted by atomic mass is 9.92. The maximum atomic E-state index is 13.0. The fraction of sp³-hybridized carbons (Fsp3) is 0.375. The zero-order valence-corrected chi connectivity index (χ0v) is 18.4. The van der Waals surface area contributed by atoms with Crippen molar-refractivity contribution < 1.29 is 9.53 Å². The molecule has 1 aliphatic carbocycles. The van der Waals surface area contributed by atoms with E-state index in [0.29, 0.717) is 18.5 Å². The Balaban J connectivity index is 1.36. The Hall–Kier alpha value is -2.83. The molecule has 1 aromatic carbocycles. The fourth-order valence-electron chi connectivity index (χ4n) is 4.14. The van der Waals surface area contributed by atoms with Crippen molar-refractivity contribution in [1.82, 2.24) is 9.88 Å². The molecule has 2 aliphatic rings. The number of fused-ring (bicyclic) bond motifs is 1. The van der Waals surface area contributed by atoms with Gasteiger partial charge in [-0.15, -0.1) is 5.92 Å². The highest BCUT2D eigenvalue weighted by Gasteiger charge is 2.36. The van der Waals surface area contributed by atoms with Crippen LogP contribution in [-0.4, -0.2) is 27.9 Å². The number of pyridine rings is 1. The van der Waals surface area contributed by atoms with Crippen LogP contribution in [0.15, 0.2) is 34.9 Å². The van der Waals surface area contributed by atoms with Crippen LogP contribution in [0.4, 0.5) is 0 Å². The number of rotatable bonds is 4. The van der Waals surface area contributed by atoms with Crippen molar-refractivity contribution >= 4 is 21.8 Å². The van der Waals surface area contributed by atoms with Crippen molar-refractivity contribution in [2.24, 2.45) is 0 Å². The summed E-state index contributed by atoms with van der Waals surface area (Å²) in [6.45, 7) is 2.40. The smallest absolute Gasteiger partial charge is 0.256 e. The van der Waals surface area contributed by atoms with Crippen molar-refractivity contribution in [3.05, 3.63) is 57.3 Å². The number of aromatic nitrogens is 1. The standard InChI is InChI=1S/C24H22BrN3O2/c1-2-3-4-16-11-21-23(27-14-16)15-28(24(21)29)18-6-9-19(10-7-18)30-20-8-5-17(13-26)22(25)12-20/h5,8,11-12,14,18-19H,4,6-7,9-10,15H2,1H3/t18-,19-. The number of hydrogen-bond donors (Lipinski definition) is 0. The van der Waals surface area contributed by atoms with Gasteiger partial charge < -0.3 is 9.64 Å². The van der Waals surface area contributed by atoms with E-state index in [4.69, 9.17) is 10.00 Å².